The van der Waals surface area contributed by atoms with E-state index in [0.717, 1.165) is 37.5 Å². The second-order valence-electron chi connectivity index (χ2n) is 9.48. The zero-order valence-corrected chi connectivity index (χ0v) is 22.0. The van der Waals surface area contributed by atoms with Gasteiger partial charge in [0.2, 0.25) is 0 Å². The molecule has 5 heteroatoms. The third kappa shape index (κ3) is 14.0. The summed E-state index contributed by atoms with van der Waals surface area (Å²) >= 11 is 0. The van der Waals surface area contributed by atoms with Gasteiger partial charge in [0, 0.05) is 19.3 Å². The first-order valence-electron chi connectivity index (χ1n) is 13.6. The molecule has 1 aromatic carbocycles. The number of ether oxygens (including phenoxy) is 1. The maximum Gasteiger partial charge on any atom is 0.314 e. The van der Waals surface area contributed by atoms with E-state index in [2.05, 4.69) is 24.5 Å². The fraction of sp³-hybridized carbons (Fsp3) is 0.667. The smallest absolute Gasteiger partial charge is 0.314 e. The van der Waals surface area contributed by atoms with Gasteiger partial charge in [0.15, 0.2) is 0 Å². The van der Waals surface area contributed by atoms with E-state index in [-0.39, 0.29) is 12.6 Å². The van der Waals surface area contributed by atoms with Crippen molar-refractivity contribution in [3.63, 3.8) is 0 Å². The Morgan fingerprint density at radius 1 is 0.971 bits per heavy atom. The number of hydrogen-bond donors (Lipinski definition) is 2. The lowest BCUT2D eigenvalue weighted by Crippen LogP contribution is -2.20. The van der Waals surface area contributed by atoms with Gasteiger partial charge in [-0.15, -0.1) is 11.8 Å². The van der Waals surface area contributed by atoms with Crippen molar-refractivity contribution in [3.05, 3.63) is 35.9 Å². The summed E-state index contributed by atoms with van der Waals surface area (Å²) in [7, 11) is 1.50. The lowest BCUT2D eigenvalue weighted by Gasteiger charge is -2.16. The first-order chi connectivity index (χ1) is 17.1. The number of carbonyl (C=O) groups excluding carboxylic acids is 1. The molecular weight excluding hydrogens is 438 g/mol. The minimum absolute atomic E-state index is 0.130. The van der Waals surface area contributed by atoms with Crippen LogP contribution in [0, 0.1) is 23.7 Å². The van der Waals surface area contributed by atoms with Crippen molar-refractivity contribution in [1.82, 2.24) is 0 Å². The molecule has 2 aliphatic rings. The second kappa shape index (κ2) is 19.9. The highest BCUT2D eigenvalue weighted by Crippen LogP contribution is 2.41. The van der Waals surface area contributed by atoms with E-state index in [1.54, 1.807) is 56.4 Å². The average Bonchev–Trinajstić information content (AvgIpc) is 3.22. The Kier molecular flexibility index (Phi) is 17.5. The summed E-state index contributed by atoms with van der Waals surface area (Å²) in [4.78, 5) is 23.1. The maximum atomic E-state index is 11.8. The van der Waals surface area contributed by atoms with Crippen LogP contribution in [0.15, 0.2) is 30.3 Å². The van der Waals surface area contributed by atoms with Gasteiger partial charge in [-0.3, -0.25) is 9.59 Å². The van der Waals surface area contributed by atoms with Crippen LogP contribution in [0.3, 0.4) is 0 Å². The van der Waals surface area contributed by atoms with Crippen LogP contribution in [0.25, 0.3) is 0 Å². The van der Waals surface area contributed by atoms with Gasteiger partial charge >= 0.3 is 11.9 Å². The molecule has 0 saturated heterocycles. The van der Waals surface area contributed by atoms with E-state index in [1.165, 1.54) is 26.3 Å². The Hall–Kier alpha value is -2.32. The van der Waals surface area contributed by atoms with Crippen molar-refractivity contribution in [2.24, 2.45) is 17.6 Å². The molecule has 2 bridgehead atoms. The lowest BCUT2D eigenvalue weighted by atomic mass is 9.89. The molecule has 0 amide bonds. The molecule has 0 aromatic heterocycles. The number of nitrogens with two attached hydrogens (primary N) is 1. The molecule has 35 heavy (non-hydrogen) atoms. The monoisotopic (exact) mass is 485 g/mol. The normalized spacial score (nSPS) is 18.5. The molecule has 1 aromatic rings. The standard InChI is InChI=1S/C21H28O4.C8H14.CH5N/c1-2-3-4-5-6-7-8-9-13-16-20(22)25-17-19(21(23)24)18-14-11-10-12-15-18;1-2-7-4-5-8(3-1)6-7;1-2/h10-12,14-15,19H,2-5,8-9,13,16-17H2,1H3,(H,23,24);7-8H,1-6H2;2H2,1H3. The molecule has 3 atom stereocenters. The molecular formula is C30H47NO4. The minimum atomic E-state index is -0.989. The van der Waals surface area contributed by atoms with E-state index in [4.69, 9.17) is 4.74 Å². The van der Waals surface area contributed by atoms with Crippen LogP contribution in [-0.2, 0) is 14.3 Å². The number of aliphatic carboxylic acids is 1. The summed E-state index contributed by atoms with van der Waals surface area (Å²) in [5, 5.41) is 9.28. The quantitative estimate of drug-likeness (QED) is 0.207. The van der Waals surface area contributed by atoms with Crippen molar-refractivity contribution in [2.75, 3.05) is 13.7 Å². The first-order valence-corrected chi connectivity index (χ1v) is 13.6. The molecule has 5 nitrogen and oxygen atoms in total. The summed E-state index contributed by atoms with van der Waals surface area (Å²) in [6.45, 7) is 2.04. The Morgan fingerprint density at radius 3 is 2.11 bits per heavy atom. The first kappa shape index (κ1) is 30.7. The second-order valence-corrected chi connectivity index (χ2v) is 9.48. The predicted molar refractivity (Wildman–Crippen MR) is 143 cm³/mol. The molecule has 2 fully saturated rings. The fourth-order valence-electron chi connectivity index (χ4n) is 4.76. The molecule has 3 unspecified atom stereocenters. The van der Waals surface area contributed by atoms with Gasteiger partial charge in [0.25, 0.3) is 0 Å². The number of hydrogen-bond acceptors (Lipinski definition) is 4. The molecule has 196 valence electrons. The molecule has 2 aliphatic carbocycles. The number of esters is 1. The number of carboxylic acid groups (broad SMARTS) is 1. The summed E-state index contributed by atoms with van der Waals surface area (Å²) in [5.74, 6) is 6.44. The number of fused-ring (bicyclic) bond motifs is 2. The highest BCUT2D eigenvalue weighted by atomic mass is 16.5. The number of benzene rings is 1. The highest BCUT2D eigenvalue weighted by molar-refractivity contribution is 5.77. The third-order valence-corrected chi connectivity index (χ3v) is 6.75. The van der Waals surface area contributed by atoms with Crippen LogP contribution in [0.2, 0.25) is 0 Å². The van der Waals surface area contributed by atoms with Crippen LogP contribution in [0.4, 0.5) is 0 Å². The molecule has 0 radical (unpaired) electrons. The van der Waals surface area contributed by atoms with E-state index < -0.39 is 11.9 Å². The van der Waals surface area contributed by atoms with Gasteiger partial charge in [-0.1, -0.05) is 82.2 Å². The van der Waals surface area contributed by atoms with Gasteiger partial charge in [-0.05, 0) is 50.1 Å². The SMILES string of the molecule is C1CC2CCC(C1)C2.CCCCCC#CCCCCC(=O)OCC(C(=O)O)c1ccccc1.CN. The molecule has 3 rings (SSSR count). The van der Waals surface area contributed by atoms with Gasteiger partial charge in [-0.25, -0.2) is 0 Å². The average molecular weight is 486 g/mol. The fourth-order valence-corrected chi connectivity index (χ4v) is 4.76. The number of carbonyl (C=O) groups is 2. The molecule has 3 N–H and O–H groups in total. The Bertz CT molecular complexity index is 739. The number of carboxylic acids is 1. The van der Waals surface area contributed by atoms with Crippen LogP contribution in [0.1, 0.15) is 108 Å². The van der Waals surface area contributed by atoms with Crippen LogP contribution < -0.4 is 5.73 Å². The Labute approximate surface area is 213 Å². The van der Waals surface area contributed by atoms with Crippen molar-refractivity contribution in [2.45, 2.75) is 103 Å². The largest absolute Gasteiger partial charge is 0.481 e. The van der Waals surface area contributed by atoms with Crippen molar-refractivity contribution in [3.8, 4) is 11.8 Å². The molecule has 0 aliphatic heterocycles. The van der Waals surface area contributed by atoms with E-state index in [9.17, 15) is 14.7 Å². The summed E-state index contributed by atoms with van der Waals surface area (Å²) in [6.07, 6.45) is 16.5. The van der Waals surface area contributed by atoms with Crippen LogP contribution >= 0.6 is 0 Å². The van der Waals surface area contributed by atoms with Crippen LogP contribution in [-0.4, -0.2) is 30.7 Å². The third-order valence-electron chi connectivity index (χ3n) is 6.75. The van der Waals surface area contributed by atoms with E-state index in [1.807, 2.05) is 6.07 Å². The zero-order chi connectivity index (χ0) is 25.7. The van der Waals surface area contributed by atoms with E-state index >= 15 is 0 Å². The van der Waals surface area contributed by atoms with Crippen molar-refractivity contribution >= 4 is 11.9 Å². The molecule has 0 heterocycles. The summed E-state index contributed by atoms with van der Waals surface area (Å²) < 4.78 is 5.14. The van der Waals surface area contributed by atoms with Gasteiger partial charge in [0.1, 0.15) is 12.5 Å². The van der Waals surface area contributed by atoms with Gasteiger partial charge in [0.05, 0.1) is 0 Å². The highest BCUT2D eigenvalue weighted by Gasteiger charge is 2.27. The predicted octanol–water partition coefficient (Wildman–Crippen LogP) is 6.70. The molecule has 2 saturated carbocycles. The summed E-state index contributed by atoms with van der Waals surface area (Å²) in [5.41, 5.74) is 5.14. The van der Waals surface area contributed by atoms with Crippen molar-refractivity contribution in [1.29, 1.82) is 0 Å². The summed E-state index contributed by atoms with van der Waals surface area (Å²) in [6, 6.07) is 8.82. The zero-order valence-electron chi connectivity index (χ0n) is 22.0. The topological polar surface area (TPSA) is 89.6 Å². The Morgan fingerprint density at radius 2 is 1.57 bits per heavy atom. The minimum Gasteiger partial charge on any atom is -0.481 e. The Balaban J connectivity index is 0.000000501. The number of rotatable bonds is 11. The van der Waals surface area contributed by atoms with Gasteiger partial charge in [-0.2, -0.15) is 0 Å². The maximum absolute atomic E-state index is 11.8. The van der Waals surface area contributed by atoms with Crippen LogP contribution in [0.5, 0.6) is 0 Å². The number of unbranched alkanes of at least 4 members (excludes halogenated alkanes) is 5. The lowest BCUT2D eigenvalue weighted by molar-refractivity contribution is -0.148. The van der Waals surface area contributed by atoms with E-state index in [0.29, 0.717) is 18.4 Å². The van der Waals surface area contributed by atoms with Gasteiger partial charge < -0.3 is 15.6 Å². The van der Waals surface area contributed by atoms with Crippen molar-refractivity contribution < 1.29 is 19.4 Å². The molecule has 0 spiro atoms.